The van der Waals surface area contributed by atoms with Crippen molar-refractivity contribution >= 4 is 10.0 Å². The average molecular weight is 488 g/mol. The first-order chi connectivity index (χ1) is 13.0. The SMILES string of the molecule is C[N+](C)([O-])CCCNS(=O)(=O)CCCC(CC(F)(C(F)(F)F)C(F)(F)F)C(F)(F)F. The Morgan fingerprint density at radius 3 is 1.73 bits per heavy atom. The summed E-state index contributed by atoms with van der Waals surface area (Å²) in [5.41, 5.74) is -6.10. The molecular weight excluding hydrogens is 466 g/mol. The van der Waals surface area contributed by atoms with E-state index in [1.807, 2.05) is 4.72 Å². The molecule has 0 aliphatic carbocycles. The highest BCUT2D eigenvalue weighted by atomic mass is 32.2. The van der Waals surface area contributed by atoms with Crippen molar-refractivity contribution < 1.29 is 57.0 Å². The van der Waals surface area contributed by atoms with Crippen LogP contribution in [0.3, 0.4) is 0 Å². The standard InChI is InChI=1S/C14H22F10N2O3S/c1-26(2,27)7-4-6-25-30(28,29)8-3-5-10(12(16,17)18)9-11(15,13(19,20)21)14(22,23)24/h10,25H,3-9H2,1-2H3. The lowest BCUT2D eigenvalue weighted by Crippen LogP contribution is -2.55. The Morgan fingerprint density at radius 1 is 0.900 bits per heavy atom. The Kier molecular flexibility index (Phi) is 9.45. The molecular formula is C14H22F10N2O3S. The number of hydroxylamine groups is 3. The highest BCUT2D eigenvalue weighted by molar-refractivity contribution is 7.89. The van der Waals surface area contributed by atoms with Gasteiger partial charge in [-0.3, -0.25) is 0 Å². The van der Waals surface area contributed by atoms with Crippen LogP contribution in [0.4, 0.5) is 43.9 Å². The maximum Gasteiger partial charge on any atom is 0.431 e. The largest absolute Gasteiger partial charge is 0.633 e. The molecule has 0 rings (SSSR count). The fraction of sp³-hybridized carbons (Fsp3) is 1.00. The minimum Gasteiger partial charge on any atom is -0.633 e. The predicted molar refractivity (Wildman–Crippen MR) is 86.1 cm³/mol. The summed E-state index contributed by atoms with van der Waals surface area (Å²) in [6.45, 7) is -0.239. The first-order valence-electron chi connectivity index (χ1n) is 8.42. The molecule has 0 fully saturated rings. The molecule has 0 saturated heterocycles. The fourth-order valence-corrected chi connectivity index (χ4v) is 3.54. The minimum absolute atomic E-state index is 0.00609. The first kappa shape index (κ1) is 29.1. The Balaban J connectivity index is 5.07. The molecule has 16 heteroatoms. The van der Waals surface area contributed by atoms with E-state index in [1.54, 1.807) is 0 Å². The van der Waals surface area contributed by atoms with Crippen LogP contribution in [0.5, 0.6) is 0 Å². The number of rotatable bonds is 11. The van der Waals surface area contributed by atoms with Crippen molar-refractivity contribution in [2.24, 2.45) is 5.92 Å². The van der Waals surface area contributed by atoms with Crippen LogP contribution in [0.2, 0.25) is 0 Å². The van der Waals surface area contributed by atoms with Gasteiger partial charge in [-0.15, -0.1) is 0 Å². The average Bonchev–Trinajstić information content (AvgIpc) is 2.46. The van der Waals surface area contributed by atoms with Gasteiger partial charge in [0.1, 0.15) is 0 Å². The maximum atomic E-state index is 13.6. The van der Waals surface area contributed by atoms with Crippen LogP contribution >= 0.6 is 0 Å². The molecule has 0 aliphatic rings. The number of halogens is 10. The van der Waals surface area contributed by atoms with Crippen LogP contribution in [0, 0.1) is 11.1 Å². The van der Waals surface area contributed by atoms with Crippen LogP contribution in [0.25, 0.3) is 0 Å². The molecule has 0 aliphatic heterocycles. The quantitative estimate of drug-likeness (QED) is 0.207. The fourth-order valence-electron chi connectivity index (χ4n) is 2.39. The number of alkyl halides is 10. The molecule has 5 nitrogen and oxygen atoms in total. The second kappa shape index (κ2) is 9.73. The highest BCUT2D eigenvalue weighted by Gasteiger charge is 2.73. The van der Waals surface area contributed by atoms with E-state index in [2.05, 4.69) is 0 Å². The third-order valence-electron chi connectivity index (χ3n) is 4.05. The van der Waals surface area contributed by atoms with E-state index < -0.39 is 69.8 Å². The minimum atomic E-state index is -6.64. The van der Waals surface area contributed by atoms with E-state index in [4.69, 9.17) is 0 Å². The Morgan fingerprint density at radius 2 is 1.37 bits per heavy atom. The highest BCUT2D eigenvalue weighted by Crippen LogP contribution is 2.52. The number of hydrogen-bond donors (Lipinski definition) is 1. The van der Waals surface area contributed by atoms with E-state index in [0.717, 1.165) is 0 Å². The van der Waals surface area contributed by atoms with Gasteiger partial charge in [0.2, 0.25) is 10.0 Å². The lowest BCUT2D eigenvalue weighted by atomic mass is 9.87. The maximum absolute atomic E-state index is 13.6. The van der Waals surface area contributed by atoms with E-state index in [0.29, 0.717) is 0 Å². The molecule has 0 heterocycles. The number of nitrogens with one attached hydrogen (secondary N) is 1. The summed E-state index contributed by atoms with van der Waals surface area (Å²) in [4.78, 5) is 0. The van der Waals surface area contributed by atoms with Crippen LogP contribution in [-0.4, -0.2) is 70.2 Å². The zero-order valence-electron chi connectivity index (χ0n) is 15.9. The van der Waals surface area contributed by atoms with Gasteiger partial charge in [0, 0.05) is 19.4 Å². The smallest absolute Gasteiger partial charge is 0.431 e. The summed E-state index contributed by atoms with van der Waals surface area (Å²) in [5.74, 6) is -4.41. The van der Waals surface area contributed by atoms with Gasteiger partial charge >= 0.3 is 18.5 Å². The molecule has 0 bridgehead atoms. The summed E-state index contributed by atoms with van der Waals surface area (Å²) < 4.78 is 152. The van der Waals surface area contributed by atoms with Gasteiger partial charge in [-0.1, -0.05) is 0 Å². The van der Waals surface area contributed by atoms with Crippen LogP contribution in [0.15, 0.2) is 0 Å². The molecule has 0 aromatic rings. The van der Waals surface area contributed by atoms with Crippen molar-refractivity contribution in [3.8, 4) is 0 Å². The molecule has 0 aromatic heterocycles. The van der Waals surface area contributed by atoms with Crippen molar-refractivity contribution in [1.82, 2.24) is 4.72 Å². The number of quaternary nitrogens is 1. The van der Waals surface area contributed by atoms with Gasteiger partial charge in [0.25, 0.3) is 5.67 Å². The molecule has 30 heavy (non-hydrogen) atoms. The van der Waals surface area contributed by atoms with E-state index in [-0.39, 0.29) is 19.5 Å². The Bertz CT molecular complexity index is 624. The van der Waals surface area contributed by atoms with Crippen LogP contribution in [0.1, 0.15) is 25.7 Å². The molecule has 1 unspecified atom stereocenters. The topological polar surface area (TPSA) is 69.2 Å². The van der Waals surface area contributed by atoms with Crippen molar-refractivity contribution in [2.75, 3.05) is 32.9 Å². The third kappa shape index (κ3) is 9.51. The molecule has 0 radical (unpaired) electrons. The summed E-state index contributed by atoms with van der Waals surface area (Å²) in [5, 5.41) is 11.3. The second-order valence-electron chi connectivity index (χ2n) is 7.25. The lowest BCUT2D eigenvalue weighted by molar-refractivity contribution is -0.840. The molecule has 0 amide bonds. The van der Waals surface area contributed by atoms with E-state index >= 15 is 0 Å². The molecule has 182 valence electrons. The molecule has 0 spiro atoms. The van der Waals surface area contributed by atoms with Crippen molar-refractivity contribution in [3.63, 3.8) is 0 Å². The van der Waals surface area contributed by atoms with Gasteiger partial charge in [0.15, 0.2) is 0 Å². The van der Waals surface area contributed by atoms with Gasteiger partial charge in [-0.25, -0.2) is 17.5 Å². The molecule has 1 N–H and O–H groups in total. The van der Waals surface area contributed by atoms with Crippen LogP contribution in [-0.2, 0) is 10.0 Å². The Labute approximate surface area is 166 Å². The van der Waals surface area contributed by atoms with Gasteiger partial charge in [0.05, 0.1) is 32.3 Å². The molecule has 0 aromatic carbocycles. The van der Waals surface area contributed by atoms with Crippen molar-refractivity contribution in [1.29, 1.82) is 0 Å². The second-order valence-corrected chi connectivity index (χ2v) is 9.17. The van der Waals surface area contributed by atoms with E-state index in [1.165, 1.54) is 14.1 Å². The van der Waals surface area contributed by atoms with Gasteiger partial charge in [-0.2, -0.15) is 39.5 Å². The first-order valence-corrected chi connectivity index (χ1v) is 10.1. The third-order valence-corrected chi connectivity index (χ3v) is 5.52. The summed E-state index contributed by atoms with van der Waals surface area (Å²) in [6.07, 6.45) is -24.2. The predicted octanol–water partition coefficient (Wildman–Crippen LogP) is 4.05. The normalized spacial score (nSPS) is 16.0. The van der Waals surface area contributed by atoms with E-state index in [9.17, 15) is 57.5 Å². The number of sulfonamides is 1. The lowest BCUT2D eigenvalue weighted by Gasteiger charge is -2.33. The zero-order valence-corrected chi connectivity index (χ0v) is 16.7. The van der Waals surface area contributed by atoms with Crippen molar-refractivity contribution in [3.05, 3.63) is 5.21 Å². The monoisotopic (exact) mass is 488 g/mol. The summed E-state index contributed by atoms with van der Waals surface area (Å²) in [6, 6.07) is 0. The Hall–Kier alpha value is -0.870. The summed E-state index contributed by atoms with van der Waals surface area (Å²) in [7, 11) is -1.65. The summed E-state index contributed by atoms with van der Waals surface area (Å²) >= 11 is 0. The van der Waals surface area contributed by atoms with Gasteiger partial charge in [-0.05, 0) is 12.8 Å². The van der Waals surface area contributed by atoms with Crippen LogP contribution < -0.4 is 4.72 Å². The molecule has 0 saturated carbocycles. The number of hydrogen-bond acceptors (Lipinski definition) is 3. The molecule has 1 atom stereocenters. The number of nitrogens with zero attached hydrogens (tertiary/aromatic N) is 1. The van der Waals surface area contributed by atoms with Crippen molar-refractivity contribution in [2.45, 2.75) is 49.9 Å². The zero-order chi connectivity index (χ0) is 24.2. The van der Waals surface area contributed by atoms with Gasteiger partial charge < -0.3 is 9.85 Å².